The van der Waals surface area contributed by atoms with Gasteiger partial charge >= 0.3 is 0 Å². The van der Waals surface area contributed by atoms with Crippen LogP contribution >= 0.6 is 0 Å². The van der Waals surface area contributed by atoms with Gasteiger partial charge in [0.25, 0.3) is 0 Å². The fraction of sp³-hybridized carbons (Fsp3) is 0.636. The Balaban J connectivity index is 1.80. The SMILES string of the molecule is OCC1CCCC1NCc1ccc[nH]1. The highest BCUT2D eigenvalue weighted by Gasteiger charge is 2.25. The van der Waals surface area contributed by atoms with E-state index in [4.69, 9.17) is 5.11 Å². The van der Waals surface area contributed by atoms with E-state index in [1.54, 1.807) is 0 Å². The molecule has 3 heteroatoms. The van der Waals surface area contributed by atoms with Crippen molar-refractivity contribution in [3.05, 3.63) is 24.0 Å². The maximum absolute atomic E-state index is 9.15. The number of aliphatic hydroxyl groups is 1. The van der Waals surface area contributed by atoms with Crippen LogP contribution in [0, 0.1) is 5.92 Å². The van der Waals surface area contributed by atoms with E-state index in [9.17, 15) is 0 Å². The molecule has 1 aromatic rings. The van der Waals surface area contributed by atoms with Gasteiger partial charge in [0.05, 0.1) is 0 Å². The normalized spacial score (nSPS) is 26.9. The minimum Gasteiger partial charge on any atom is -0.396 e. The molecule has 1 aliphatic rings. The van der Waals surface area contributed by atoms with Crippen molar-refractivity contribution >= 4 is 0 Å². The summed E-state index contributed by atoms with van der Waals surface area (Å²) in [6, 6.07) is 4.59. The quantitative estimate of drug-likeness (QED) is 0.676. The molecule has 0 saturated heterocycles. The van der Waals surface area contributed by atoms with Crippen molar-refractivity contribution in [2.45, 2.75) is 31.8 Å². The first kappa shape index (κ1) is 9.74. The molecule has 14 heavy (non-hydrogen) atoms. The van der Waals surface area contributed by atoms with Crippen molar-refractivity contribution in [3.63, 3.8) is 0 Å². The number of aliphatic hydroxyl groups excluding tert-OH is 1. The summed E-state index contributed by atoms with van der Waals surface area (Å²) in [5, 5.41) is 12.6. The Morgan fingerprint density at radius 2 is 2.43 bits per heavy atom. The molecule has 3 N–H and O–H groups in total. The van der Waals surface area contributed by atoms with Crippen molar-refractivity contribution in [2.75, 3.05) is 6.61 Å². The number of H-pyrrole nitrogens is 1. The average molecular weight is 194 g/mol. The highest BCUT2D eigenvalue weighted by molar-refractivity contribution is 5.03. The van der Waals surface area contributed by atoms with Gasteiger partial charge in [0.15, 0.2) is 0 Å². The standard InChI is InChI=1S/C11H18N2O/c14-8-9-3-1-5-11(9)13-7-10-4-2-6-12-10/h2,4,6,9,11-14H,1,3,5,7-8H2. The molecule has 2 unspecified atom stereocenters. The zero-order chi connectivity index (χ0) is 9.80. The summed E-state index contributed by atoms with van der Waals surface area (Å²) >= 11 is 0. The van der Waals surface area contributed by atoms with Crippen LogP contribution in [0.1, 0.15) is 25.0 Å². The monoisotopic (exact) mass is 194 g/mol. The van der Waals surface area contributed by atoms with E-state index in [0.717, 1.165) is 6.54 Å². The Morgan fingerprint density at radius 3 is 3.14 bits per heavy atom. The largest absolute Gasteiger partial charge is 0.396 e. The number of nitrogens with one attached hydrogen (secondary N) is 2. The fourth-order valence-corrected chi connectivity index (χ4v) is 2.24. The summed E-state index contributed by atoms with van der Waals surface area (Å²) in [6.07, 6.45) is 5.55. The minimum atomic E-state index is 0.322. The Bertz CT molecular complexity index is 258. The highest BCUT2D eigenvalue weighted by atomic mass is 16.3. The molecule has 1 aliphatic carbocycles. The van der Waals surface area contributed by atoms with Crippen LogP contribution in [0.5, 0.6) is 0 Å². The molecule has 0 amide bonds. The van der Waals surface area contributed by atoms with Crippen LogP contribution in [0.15, 0.2) is 18.3 Å². The zero-order valence-electron chi connectivity index (χ0n) is 8.37. The molecule has 1 aromatic heterocycles. The van der Waals surface area contributed by atoms with Crippen LogP contribution < -0.4 is 5.32 Å². The highest BCUT2D eigenvalue weighted by Crippen LogP contribution is 2.25. The Labute approximate surface area is 84.5 Å². The summed E-state index contributed by atoms with van der Waals surface area (Å²) in [4.78, 5) is 3.17. The van der Waals surface area contributed by atoms with Crippen molar-refractivity contribution in [2.24, 2.45) is 5.92 Å². The second-order valence-electron chi connectivity index (χ2n) is 4.06. The van der Waals surface area contributed by atoms with Gasteiger partial charge in [-0.25, -0.2) is 0 Å². The van der Waals surface area contributed by atoms with Gasteiger partial charge < -0.3 is 15.4 Å². The number of hydrogen-bond donors (Lipinski definition) is 3. The number of hydrogen-bond acceptors (Lipinski definition) is 2. The third kappa shape index (κ3) is 2.16. The van der Waals surface area contributed by atoms with Crippen molar-refractivity contribution in [3.8, 4) is 0 Å². The molecule has 0 aliphatic heterocycles. The molecule has 1 fully saturated rings. The Hall–Kier alpha value is -0.800. The summed E-state index contributed by atoms with van der Waals surface area (Å²) in [6.45, 7) is 1.20. The molecule has 1 heterocycles. The maximum Gasteiger partial charge on any atom is 0.0474 e. The summed E-state index contributed by atoms with van der Waals surface area (Å²) < 4.78 is 0. The van der Waals surface area contributed by atoms with E-state index in [2.05, 4.69) is 16.4 Å². The van der Waals surface area contributed by atoms with Gasteiger partial charge in [-0.15, -0.1) is 0 Å². The minimum absolute atomic E-state index is 0.322. The number of rotatable bonds is 4. The molecule has 78 valence electrons. The molecule has 2 rings (SSSR count). The molecule has 0 bridgehead atoms. The predicted molar refractivity (Wildman–Crippen MR) is 55.8 cm³/mol. The van der Waals surface area contributed by atoms with Crippen molar-refractivity contribution in [1.29, 1.82) is 0 Å². The number of aromatic amines is 1. The lowest BCUT2D eigenvalue weighted by Crippen LogP contribution is -2.33. The Morgan fingerprint density at radius 1 is 1.50 bits per heavy atom. The summed E-state index contributed by atoms with van der Waals surface area (Å²) in [7, 11) is 0. The van der Waals surface area contributed by atoms with Crippen LogP contribution in [0.3, 0.4) is 0 Å². The van der Waals surface area contributed by atoms with E-state index >= 15 is 0 Å². The van der Waals surface area contributed by atoms with Gasteiger partial charge in [0.1, 0.15) is 0 Å². The van der Waals surface area contributed by atoms with E-state index in [1.165, 1.54) is 25.0 Å². The average Bonchev–Trinajstić information content (AvgIpc) is 2.85. The van der Waals surface area contributed by atoms with Crippen LogP contribution in [-0.2, 0) is 6.54 Å². The lowest BCUT2D eigenvalue weighted by Gasteiger charge is -2.18. The van der Waals surface area contributed by atoms with Crippen molar-refractivity contribution < 1.29 is 5.11 Å². The van der Waals surface area contributed by atoms with Crippen LogP contribution in [0.4, 0.5) is 0 Å². The summed E-state index contributed by atoms with van der Waals surface area (Å²) in [5.41, 5.74) is 1.22. The first-order valence-electron chi connectivity index (χ1n) is 5.36. The molecule has 0 aromatic carbocycles. The first-order chi connectivity index (χ1) is 6.90. The van der Waals surface area contributed by atoms with E-state index in [0.29, 0.717) is 18.6 Å². The number of aromatic nitrogens is 1. The van der Waals surface area contributed by atoms with Gasteiger partial charge in [0.2, 0.25) is 0 Å². The molecule has 0 spiro atoms. The Kier molecular flexibility index (Phi) is 3.22. The third-order valence-electron chi connectivity index (χ3n) is 3.11. The van der Waals surface area contributed by atoms with Gasteiger partial charge in [-0.2, -0.15) is 0 Å². The lowest BCUT2D eigenvalue weighted by atomic mass is 10.1. The third-order valence-corrected chi connectivity index (χ3v) is 3.11. The molecule has 0 radical (unpaired) electrons. The van der Waals surface area contributed by atoms with Crippen LogP contribution in [0.2, 0.25) is 0 Å². The van der Waals surface area contributed by atoms with Gasteiger partial charge in [-0.1, -0.05) is 6.42 Å². The smallest absolute Gasteiger partial charge is 0.0474 e. The second-order valence-corrected chi connectivity index (χ2v) is 4.06. The van der Waals surface area contributed by atoms with E-state index in [1.807, 2.05) is 12.3 Å². The van der Waals surface area contributed by atoms with Gasteiger partial charge in [0, 0.05) is 31.1 Å². The second kappa shape index (κ2) is 4.62. The van der Waals surface area contributed by atoms with Gasteiger partial charge in [-0.05, 0) is 30.9 Å². The topological polar surface area (TPSA) is 48.0 Å². The molecular weight excluding hydrogens is 176 g/mol. The fourth-order valence-electron chi connectivity index (χ4n) is 2.24. The molecular formula is C11H18N2O. The summed E-state index contributed by atoms with van der Waals surface area (Å²) in [5.74, 6) is 0.463. The molecule has 1 saturated carbocycles. The van der Waals surface area contributed by atoms with Crippen LogP contribution in [-0.4, -0.2) is 22.7 Å². The molecule has 2 atom stereocenters. The lowest BCUT2D eigenvalue weighted by molar-refractivity contribution is 0.205. The van der Waals surface area contributed by atoms with Gasteiger partial charge in [-0.3, -0.25) is 0 Å². The zero-order valence-corrected chi connectivity index (χ0v) is 8.37. The first-order valence-corrected chi connectivity index (χ1v) is 5.36. The molecule has 3 nitrogen and oxygen atoms in total. The van der Waals surface area contributed by atoms with Crippen LogP contribution in [0.25, 0.3) is 0 Å². The van der Waals surface area contributed by atoms with E-state index < -0.39 is 0 Å². The van der Waals surface area contributed by atoms with E-state index in [-0.39, 0.29) is 0 Å². The maximum atomic E-state index is 9.15. The predicted octanol–water partition coefficient (Wildman–Crippen LogP) is 1.27. The van der Waals surface area contributed by atoms with Crippen molar-refractivity contribution in [1.82, 2.24) is 10.3 Å².